The molecule has 0 amide bonds. The summed E-state index contributed by atoms with van der Waals surface area (Å²) in [5, 5.41) is 8.58. The van der Waals surface area contributed by atoms with Crippen LogP contribution in [0.25, 0.3) is 0 Å². The molecule has 0 aliphatic heterocycles. The maximum atomic E-state index is 8.58. The summed E-state index contributed by atoms with van der Waals surface area (Å²) < 4.78 is 0.603. The van der Waals surface area contributed by atoms with Crippen LogP contribution in [0, 0.1) is 6.92 Å². The normalized spacial score (nSPS) is 11.8. The van der Waals surface area contributed by atoms with Crippen LogP contribution in [0.2, 0.25) is 0 Å². The number of rotatable bonds is 3. The van der Waals surface area contributed by atoms with Gasteiger partial charge in [-0.3, -0.25) is 0 Å². The summed E-state index contributed by atoms with van der Waals surface area (Å²) in [6, 6.07) is 8.08. The van der Waals surface area contributed by atoms with Gasteiger partial charge >= 0.3 is 0 Å². The lowest BCUT2D eigenvalue weighted by molar-refractivity contribution is 0.343. The zero-order valence-corrected chi connectivity index (χ0v) is 8.90. The molecule has 3 heteroatoms. The molecule has 0 radical (unpaired) electrons. The molecule has 1 aromatic rings. The van der Waals surface area contributed by atoms with Crippen LogP contribution in [0.15, 0.2) is 39.6 Å². The molecule has 0 aliphatic carbocycles. The van der Waals surface area contributed by atoms with Crippen molar-refractivity contribution in [3.8, 4) is 0 Å². The van der Waals surface area contributed by atoms with Crippen LogP contribution >= 0.6 is 23.4 Å². The van der Waals surface area contributed by atoms with E-state index in [0.717, 1.165) is 4.90 Å². The lowest BCUT2D eigenvalue weighted by Crippen LogP contribution is -1.75. The minimum atomic E-state index is -0.0162. The van der Waals surface area contributed by atoms with E-state index in [4.69, 9.17) is 16.7 Å². The molecule has 1 N–H and O–H groups in total. The second kappa shape index (κ2) is 5.32. The zero-order valence-electron chi connectivity index (χ0n) is 7.33. The molecule has 13 heavy (non-hydrogen) atoms. The third-order valence-corrected chi connectivity index (χ3v) is 2.74. The fourth-order valence-corrected chi connectivity index (χ4v) is 1.82. The van der Waals surface area contributed by atoms with E-state index in [9.17, 15) is 0 Å². The summed E-state index contributed by atoms with van der Waals surface area (Å²) in [6.07, 6.45) is 1.58. The number of aliphatic hydroxyl groups excluding tert-OH is 1. The van der Waals surface area contributed by atoms with Gasteiger partial charge in [0.1, 0.15) is 0 Å². The highest BCUT2D eigenvalue weighted by atomic mass is 35.5. The predicted molar refractivity (Wildman–Crippen MR) is 58.1 cm³/mol. The van der Waals surface area contributed by atoms with E-state index < -0.39 is 0 Å². The van der Waals surface area contributed by atoms with Gasteiger partial charge in [0.15, 0.2) is 0 Å². The van der Waals surface area contributed by atoms with Crippen molar-refractivity contribution < 1.29 is 5.11 Å². The number of halogens is 1. The van der Waals surface area contributed by atoms with Crippen LogP contribution < -0.4 is 0 Å². The Morgan fingerprint density at radius 3 is 2.62 bits per heavy atom. The molecule has 0 spiro atoms. The van der Waals surface area contributed by atoms with Crippen molar-refractivity contribution in [1.29, 1.82) is 0 Å². The molecule has 0 bridgehead atoms. The molecular formula is C10H11ClOS. The monoisotopic (exact) mass is 214 g/mol. The van der Waals surface area contributed by atoms with Crippen molar-refractivity contribution in [3.63, 3.8) is 0 Å². The fourth-order valence-electron chi connectivity index (χ4n) is 0.832. The highest BCUT2D eigenvalue weighted by Gasteiger charge is 1.96. The molecular weight excluding hydrogens is 204 g/mol. The second-order valence-electron chi connectivity index (χ2n) is 2.61. The smallest absolute Gasteiger partial charge is 0.0765 e. The molecule has 0 saturated carbocycles. The maximum Gasteiger partial charge on any atom is 0.0765 e. The molecule has 1 nitrogen and oxygen atoms in total. The summed E-state index contributed by atoms with van der Waals surface area (Å²) in [5.41, 5.74) is 1.23. The summed E-state index contributed by atoms with van der Waals surface area (Å²) in [6.45, 7) is 2.03. The minimum absolute atomic E-state index is 0.0162. The van der Waals surface area contributed by atoms with Gasteiger partial charge in [-0.1, -0.05) is 41.1 Å². The Bertz CT molecular complexity index is 292. The van der Waals surface area contributed by atoms with Gasteiger partial charge in [0.25, 0.3) is 0 Å². The SMILES string of the molecule is Cc1ccc(S/C(Cl)=C/CO)cc1. The number of hydrogen-bond acceptors (Lipinski definition) is 2. The Hall–Kier alpha value is -0.440. The van der Waals surface area contributed by atoms with Gasteiger partial charge < -0.3 is 5.11 Å². The lowest BCUT2D eigenvalue weighted by atomic mass is 10.2. The molecule has 0 aliphatic rings. The topological polar surface area (TPSA) is 20.2 Å². The van der Waals surface area contributed by atoms with Crippen molar-refractivity contribution in [1.82, 2.24) is 0 Å². The first-order valence-corrected chi connectivity index (χ1v) is 5.13. The molecule has 0 heterocycles. The van der Waals surface area contributed by atoms with Crippen LogP contribution in [-0.2, 0) is 0 Å². The van der Waals surface area contributed by atoms with E-state index in [0.29, 0.717) is 4.36 Å². The average molecular weight is 215 g/mol. The first-order chi connectivity index (χ1) is 6.22. The number of aliphatic hydroxyl groups is 1. The molecule has 0 saturated heterocycles. The number of benzene rings is 1. The standard InChI is InChI=1S/C10H11ClOS/c1-8-2-4-9(5-3-8)13-10(11)6-7-12/h2-6,12H,7H2,1H3/b10-6+. The van der Waals surface area contributed by atoms with Gasteiger partial charge in [0.2, 0.25) is 0 Å². The molecule has 0 atom stereocenters. The molecule has 0 unspecified atom stereocenters. The van der Waals surface area contributed by atoms with E-state index in [1.165, 1.54) is 17.3 Å². The highest BCUT2D eigenvalue weighted by molar-refractivity contribution is 8.04. The second-order valence-corrected chi connectivity index (χ2v) is 4.35. The third kappa shape index (κ3) is 3.85. The van der Waals surface area contributed by atoms with Crippen LogP contribution in [-0.4, -0.2) is 11.7 Å². The average Bonchev–Trinajstić information content (AvgIpc) is 2.09. The molecule has 1 aromatic carbocycles. The largest absolute Gasteiger partial charge is 0.392 e. The molecule has 70 valence electrons. The van der Waals surface area contributed by atoms with Crippen molar-refractivity contribution in [3.05, 3.63) is 40.3 Å². The first-order valence-electron chi connectivity index (χ1n) is 3.93. The fraction of sp³-hybridized carbons (Fsp3) is 0.200. The van der Waals surface area contributed by atoms with Crippen molar-refractivity contribution in [2.24, 2.45) is 0 Å². The van der Waals surface area contributed by atoms with Crippen LogP contribution in [0.4, 0.5) is 0 Å². The lowest BCUT2D eigenvalue weighted by Gasteiger charge is -1.99. The summed E-state index contributed by atoms with van der Waals surface area (Å²) in [7, 11) is 0. The Kier molecular flexibility index (Phi) is 4.36. The van der Waals surface area contributed by atoms with E-state index in [1.54, 1.807) is 6.08 Å². The van der Waals surface area contributed by atoms with Gasteiger partial charge in [-0.25, -0.2) is 0 Å². The highest BCUT2D eigenvalue weighted by Crippen LogP contribution is 2.28. The van der Waals surface area contributed by atoms with Crippen LogP contribution in [0.3, 0.4) is 0 Å². The molecule has 0 fully saturated rings. The Labute approximate surface area is 87.4 Å². The van der Waals surface area contributed by atoms with Crippen molar-refractivity contribution >= 4 is 23.4 Å². The van der Waals surface area contributed by atoms with Gasteiger partial charge in [-0.05, 0) is 25.1 Å². The summed E-state index contributed by atoms with van der Waals surface area (Å²) in [5.74, 6) is 0. The summed E-state index contributed by atoms with van der Waals surface area (Å²) >= 11 is 7.26. The zero-order chi connectivity index (χ0) is 9.68. The van der Waals surface area contributed by atoms with Crippen LogP contribution in [0.5, 0.6) is 0 Å². The van der Waals surface area contributed by atoms with Gasteiger partial charge in [0, 0.05) is 4.90 Å². The van der Waals surface area contributed by atoms with Gasteiger partial charge in [-0.15, -0.1) is 0 Å². The predicted octanol–water partition coefficient (Wildman–Crippen LogP) is 3.16. The van der Waals surface area contributed by atoms with E-state index in [1.807, 2.05) is 31.2 Å². The Balaban J connectivity index is 2.64. The quantitative estimate of drug-likeness (QED) is 0.781. The van der Waals surface area contributed by atoms with Crippen molar-refractivity contribution in [2.75, 3.05) is 6.61 Å². The van der Waals surface area contributed by atoms with Crippen molar-refractivity contribution in [2.45, 2.75) is 11.8 Å². The maximum absolute atomic E-state index is 8.58. The third-order valence-electron chi connectivity index (χ3n) is 1.49. The number of aryl methyl sites for hydroxylation is 1. The minimum Gasteiger partial charge on any atom is -0.392 e. The number of thioether (sulfide) groups is 1. The Morgan fingerprint density at radius 1 is 1.46 bits per heavy atom. The first kappa shape index (κ1) is 10.6. The number of hydrogen-bond donors (Lipinski definition) is 1. The Morgan fingerprint density at radius 2 is 2.08 bits per heavy atom. The van der Waals surface area contributed by atoms with Gasteiger partial charge in [0.05, 0.1) is 11.0 Å². The van der Waals surface area contributed by atoms with E-state index in [2.05, 4.69) is 0 Å². The molecule has 0 aromatic heterocycles. The summed E-state index contributed by atoms with van der Waals surface area (Å²) in [4.78, 5) is 1.08. The van der Waals surface area contributed by atoms with Gasteiger partial charge in [-0.2, -0.15) is 0 Å². The van der Waals surface area contributed by atoms with E-state index in [-0.39, 0.29) is 6.61 Å². The van der Waals surface area contributed by atoms with Crippen LogP contribution in [0.1, 0.15) is 5.56 Å². The molecule has 1 rings (SSSR count). The van der Waals surface area contributed by atoms with E-state index >= 15 is 0 Å².